The van der Waals surface area contributed by atoms with Crippen molar-refractivity contribution >= 4 is 6.09 Å². The summed E-state index contributed by atoms with van der Waals surface area (Å²) >= 11 is 0. The number of hydrogen-bond donors (Lipinski definition) is 1. The Morgan fingerprint density at radius 3 is 2.76 bits per heavy atom. The lowest BCUT2D eigenvalue weighted by atomic mass is 9.97. The molecule has 5 heteroatoms. The summed E-state index contributed by atoms with van der Waals surface area (Å²) in [5, 5.41) is 12.4. The third kappa shape index (κ3) is 6.75. The zero-order valence-electron chi connectivity index (χ0n) is 15.4. The molecule has 0 aromatic heterocycles. The van der Waals surface area contributed by atoms with Gasteiger partial charge in [-0.3, -0.25) is 0 Å². The number of hydrogen-bond acceptors (Lipinski definition) is 4. The Labute approximate surface area is 151 Å². The summed E-state index contributed by atoms with van der Waals surface area (Å²) in [6.45, 7) is 8.92. The van der Waals surface area contributed by atoms with Gasteiger partial charge in [0.25, 0.3) is 0 Å². The molecule has 1 fully saturated rings. The minimum atomic E-state index is -0.436. The van der Waals surface area contributed by atoms with Crippen molar-refractivity contribution in [2.24, 2.45) is 5.92 Å². The number of carbonyl (C=O) groups excluding carboxylic acids is 1. The molecule has 1 aromatic rings. The zero-order valence-corrected chi connectivity index (χ0v) is 15.4. The van der Waals surface area contributed by atoms with Crippen molar-refractivity contribution in [2.45, 2.75) is 39.2 Å². The summed E-state index contributed by atoms with van der Waals surface area (Å²) in [4.78, 5) is 13.9. The number of rotatable bonds is 5. The molecule has 0 saturated carbocycles. The van der Waals surface area contributed by atoms with Gasteiger partial charge < -0.3 is 15.0 Å². The van der Waals surface area contributed by atoms with E-state index in [0.717, 1.165) is 44.6 Å². The second-order valence-corrected chi connectivity index (χ2v) is 7.51. The number of amides is 1. The number of piperidine rings is 1. The van der Waals surface area contributed by atoms with Crippen LogP contribution in [0.5, 0.6) is 0 Å². The van der Waals surface area contributed by atoms with Gasteiger partial charge in [0.2, 0.25) is 0 Å². The van der Waals surface area contributed by atoms with Crippen molar-refractivity contribution in [1.29, 1.82) is 5.26 Å². The molecule has 1 saturated heterocycles. The number of benzene rings is 1. The largest absolute Gasteiger partial charge is 0.444 e. The van der Waals surface area contributed by atoms with Crippen molar-refractivity contribution in [3.63, 3.8) is 0 Å². The first-order valence-electron chi connectivity index (χ1n) is 8.89. The lowest BCUT2D eigenvalue weighted by Gasteiger charge is -2.33. The van der Waals surface area contributed by atoms with Crippen LogP contribution in [0.4, 0.5) is 4.79 Å². The van der Waals surface area contributed by atoms with Gasteiger partial charge in [-0.1, -0.05) is 12.1 Å². The second kappa shape index (κ2) is 8.87. The van der Waals surface area contributed by atoms with E-state index in [0.29, 0.717) is 11.5 Å². The van der Waals surface area contributed by atoms with E-state index in [4.69, 9.17) is 10.00 Å². The van der Waals surface area contributed by atoms with Crippen molar-refractivity contribution in [3.8, 4) is 6.07 Å². The topological polar surface area (TPSA) is 65.4 Å². The molecule has 1 aromatic carbocycles. The first kappa shape index (κ1) is 19.3. The van der Waals surface area contributed by atoms with Crippen LogP contribution in [0.2, 0.25) is 0 Å². The molecular formula is C20H28N3O2. The molecule has 1 aliphatic heterocycles. The summed E-state index contributed by atoms with van der Waals surface area (Å²) in [7, 11) is 0. The van der Waals surface area contributed by atoms with Gasteiger partial charge in [0, 0.05) is 26.1 Å². The summed E-state index contributed by atoms with van der Waals surface area (Å²) in [6, 6.07) is 9.75. The number of nitrogens with zero attached hydrogens (tertiary/aromatic N) is 2. The molecule has 1 radical (unpaired) electrons. The fourth-order valence-corrected chi connectivity index (χ4v) is 2.86. The molecule has 135 valence electrons. The first-order valence-corrected chi connectivity index (χ1v) is 8.89. The Bertz CT molecular complexity index is 608. The van der Waals surface area contributed by atoms with E-state index in [1.807, 2.05) is 45.0 Å². The van der Waals surface area contributed by atoms with Crippen LogP contribution in [0.25, 0.3) is 0 Å². The highest BCUT2D eigenvalue weighted by atomic mass is 16.6. The average molecular weight is 342 g/mol. The molecule has 0 aliphatic carbocycles. The van der Waals surface area contributed by atoms with Crippen molar-refractivity contribution < 1.29 is 9.53 Å². The predicted octanol–water partition coefficient (Wildman–Crippen LogP) is 3.35. The van der Waals surface area contributed by atoms with E-state index in [2.05, 4.69) is 17.8 Å². The fourth-order valence-electron chi connectivity index (χ4n) is 2.86. The van der Waals surface area contributed by atoms with E-state index in [9.17, 15) is 4.79 Å². The van der Waals surface area contributed by atoms with Crippen LogP contribution in [0.15, 0.2) is 24.3 Å². The highest BCUT2D eigenvalue weighted by Crippen LogP contribution is 2.19. The second-order valence-electron chi connectivity index (χ2n) is 7.51. The van der Waals surface area contributed by atoms with E-state index >= 15 is 0 Å². The van der Waals surface area contributed by atoms with Crippen LogP contribution >= 0.6 is 0 Å². The Hall–Kier alpha value is -2.06. The SMILES string of the molecule is CC(C)(C)OC(=O)N1CCC(CNC[CH]c2cccc(C#N)c2)CC1. The molecule has 0 spiro atoms. The smallest absolute Gasteiger partial charge is 0.410 e. The summed E-state index contributed by atoms with van der Waals surface area (Å²) in [5.74, 6) is 0.581. The van der Waals surface area contributed by atoms with E-state index in [1.54, 1.807) is 4.90 Å². The molecule has 2 rings (SSSR count). The Morgan fingerprint density at radius 1 is 1.40 bits per heavy atom. The molecule has 0 unspecified atom stereocenters. The van der Waals surface area contributed by atoms with E-state index in [-0.39, 0.29) is 6.09 Å². The molecule has 25 heavy (non-hydrogen) atoms. The van der Waals surface area contributed by atoms with Gasteiger partial charge in [0.05, 0.1) is 11.6 Å². The fraction of sp³-hybridized carbons (Fsp3) is 0.550. The number of carbonyl (C=O) groups is 1. The molecule has 1 N–H and O–H groups in total. The van der Waals surface area contributed by atoms with Gasteiger partial charge in [-0.2, -0.15) is 5.26 Å². The maximum Gasteiger partial charge on any atom is 0.410 e. The standard InChI is InChI=1S/C20H28N3O2/c1-20(2,3)25-19(24)23-11-8-17(9-12-23)15-22-10-7-16-5-4-6-18(13-16)14-21/h4-7,13,17,22H,8-12,15H2,1-3H3. The monoisotopic (exact) mass is 342 g/mol. The van der Waals surface area contributed by atoms with Crippen molar-refractivity contribution in [1.82, 2.24) is 10.2 Å². The third-order valence-electron chi connectivity index (χ3n) is 4.20. The van der Waals surface area contributed by atoms with Crippen molar-refractivity contribution in [3.05, 3.63) is 41.8 Å². The number of nitriles is 1. The van der Waals surface area contributed by atoms with Crippen LogP contribution in [-0.2, 0) is 4.74 Å². The quantitative estimate of drug-likeness (QED) is 0.834. The average Bonchev–Trinajstić information content (AvgIpc) is 2.58. The highest BCUT2D eigenvalue weighted by molar-refractivity contribution is 5.68. The Morgan fingerprint density at radius 2 is 2.12 bits per heavy atom. The molecule has 5 nitrogen and oxygen atoms in total. The number of ether oxygens (including phenoxy) is 1. The third-order valence-corrected chi connectivity index (χ3v) is 4.20. The lowest BCUT2D eigenvalue weighted by Crippen LogP contribution is -2.43. The first-order chi connectivity index (χ1) is 11.9. The Kier molecular flexibility index (Phi) is 6.83. The van der Waals surface area contributed by atoms with E-state index < -0.39 is 5.60 Å². The molecule has 0 bridgehead atoms. The molecule has 1 amide bonds. The molecular weight excluding hydrogens is 314 g/mol. The van der Waals surface area contributed by atoms with Crippen LogP contribution in [0.3, 0.4) is 0 Å². The maximum absolute atomic E-state index is 12.1. The number of nitrogens with one attached hydrogen (secondary N) is 1. The summed E-state index contributed by atoms with van der Waals surface area (Å²) in [6.07, 6.45) is 3.88. The summed E-state index contributed by atoms with van der Waals surface area (Å²) in [5.41, 5.74) is 1.31. The van der Waals surface area contributed by atoms with Gasteiger partial charge in [-0.25, -0.2) is 4.79 Å². The minimum Gasteiger partial charge on any atom is -0.444 e. The predicted molar refractivity (Wildman–Crippen MR) is 98.0 cm³/mol. The van der Waals surface area contributed by atoms with E-state index in [1.165, 1.54) is 0 Å². The maximum atomic E-state index is 12.1. The van der Waals surface area contributed by atoms with Gasteiger partial charge in [0.1, 0.15) is 5.60 Å². The van der Waals surface area contributed by atoms with Gasteiger partial charge in [-0.15, -0.1) is 0 Å². The van der Waals surface area contributed by atoms with Crippen LogP contribution in [0, 0.1) is 23.7 Å². The number of likely N-dealkylation sites (tertiary alicyclic amines) is 1. The normalized spacial score (nSPS) is 15.7. The van der Waals surface area contributed by atoms with Crippen LogP contribution in [-0.4, -0.2) is 42.8 Å². The highest BCUT2D eigenvalue weighted by Gasteiger charge is 2.26. The van der Waals surface area contributed by atoms with Crippen molar-refractivity contribution in [2.75, 3.05) is 26.2 Å². The minimum absolute atomic E-state index is 0.204. The van der Waals surface area contributed by atoms with Gasteiger partial charge in [-0.05, 0) is 63.8 Å². The van der Waals surface area contributed by atoms with Crippen LogP contribution < -0.4 is 5.32 Å². The summed E-state index contributed by atoms with van der Waals surface area (Å²) < 4.78 is 5.42. The Balaban J connectivity index is 1.64. The molecule has 0 atom stereocenters. The van der Waals surface area contributed by atoms with Crippen LogP contribution in [0.1, 0.15) is 44.7 Å². The molecule has 1 aliphatic rings. The van der Waals surface area contributed by atoms with Gasteiger partial charge >= 0.3 is 6.09 Å². The molecule has 1 heterocycles. The van der Waals surface area contributed by atoms with Gasteiger partial charge in [0.15, 0.2) is 0 Å². The lowest BCUT2D eigenvalue weighted by molar-refractivity contribution is 0.0184. The zero-order chi connectivity index (χ0) is 18.3.